The molecule has 1 aromatic rings. The van der Waals surface area contributed by atoms with Crippen molar-refractivity contribution in [3.63, 3.8) is 0 Å². The summed E-state index contributed by atoms with van der Waals surface area (Å²) in [5.41, 5.74) is 7.86. The minimum atomic E-state index is 0.274. The Kier molecular flexibility index (Phi) is 3.74. The van der Waals surface area contributed by atoms with Crippen LogP contribution in [0.4, 0.5) is 11.4 Å². The zero-order valence-corrected chi connectivity index (χ0v) is 10.2. The highest BCUT2D eigenvalue weighted by atomic mass is 16.5. The van der Waals surface area contributed by atoms with Gasteiger partial charge in [0.05, 0.1) is 18.5 Å². The Balaban J connectivity index is 2.08. The zero-order valence-electron chi connectivity index (χ0n) is 10.2. The molecule has 94 valence electrons. The lowest BCUT2D eigenvalue weighted by Gasteiger charge is -2.21. The van der Waals surface area contributed by atoms with Crippen LogP contribution in [-0.2, 0) is 0 Å². The minimum Gasteiger partial charge on any atom is -0.497 e. The number of hydrogen-bond donors (Lipinski definition) is 2. The molecule has 0 amide bonds. The third-order valence-electron chi connectivity index (χ3n) is 3.40. The molecular weight excluding hydrogens is 216 g/mol. The van der Waals surface area contributed by atoms with Gasteiger partial charge in [-0.05, 0) is 30.9 Å². The second kappa shape index (κ2) is 5.27. The van der Waals surface area contributed by atoms with Gasteiger partial charge in [-0.3, -0.25) is 0 Å². The van der Waals surface area contributed by atoms with Gasteiger partial charge in [-0.2, -0.15) is 0 Å². The highest BCUT2D eigenvalue weighted by Gasteiger charge is 2.23. The fraction of sp³-hybridized carbons (Fsp3) is 0.538. The largest absolute Gasteiger partial charge is 0.497 e. The van der Waals surface area contributed by atoms with Crippen molar-refractivity contribution in [2.24, 2.45) is 5.92 Å². The molecule has 0 aliphatic carbocycles. The predicted octanol–water partition coefficient (Wildman–Crippen LogP) is 1.49. The van der Waals surface area contributed by atoms with Gasteiger partial charge in [0.2, 0.25) is 0 Å². The number of nitrogens with zero attached hydrogens (tertiary/aromatic N) is 1. The molecule has 1 aliphatic heterocycles. The summed E-state index contributed by atoms with van der Waals surface area (Å²) < 4.78 is 5.14. The molecule has 0 spiro atoms. The van der Waals surface area contributed by atoms with Gasteiger partial charge in [0, 0.05) is 25.8 Å². The van der Waals surface area contributed by atoms with E-state index in [4.69, 9.17) is 15.6 Å². The van der Waals surface area contributed by atoms with Crippen molar-refractivity contribution in [1.82, 2.24) is 0 Å². The van der Waals surface area contributed by atoms with Crippen molar-refractivity contribution in [3.8, 4) is 5.75 Å². The summed E-state index contributed by atoms with van der Waals surface area (Å²) in [5.74, 6) is 1.37. The van der Waals surface area contributed by atoms with Gasteiger partial charge >= 0.3 is 0 Å². The molecule has 1 aliphatic rings. The third-order valence-corrected chi connectivity index (χ3v) is 3.40. The fourth-order valence-electron chi connectivity index (χ4n) is 2.42. The average Bonchev–Trinajstić information content (AvgIpc) is 2.78. The number of rotatable bonds is 4. The van der Waals surface area contributed by atoms with Crippen molar-refractivity contribution in [1.29, 1.82) is 0 Å². The standard InChI is InChI=1S/C13H20N2O2/c1-17-11-2-3-13(12(14)8-11)15-6-4-10(9-15)5-7-16/h2-3,8,10,16H,4-7,9,14H2,1H3. The van der Waals surface area contributed by atoms with Crippen molar-refractivity contribution in [2.75, 3.05) is 37.4 Å². The first-order chi connectivity index (χ1) is 8.24. The third kappa shape index (κ3) is 2.64. The normalized spacial score (nSPS) is 19.6. The lowest BCUT2D eigenvalue weighted by atomic mass is 10.1. The van der Waals surface area contributed by atoms with Gasteiger partial charge in [0.25, 0.3) is 0 Å². The first kappa shape index (κ1) is 12.0. The van der Waals surface area contributed by atoms with Crippen LogP contribution in [0.1, 0.15) is 12.8 Å². The fourth-order valence-corrected chi connectivity index (χ4v) is 2.42. The van der Waals surface area contributed by atoms with Crippen molar-refractivity contribution in [2.45, 2.75) is 12.8 Å². The number of nitrogen functional groups attached to an aromatic ring is 1. The monoisotopic (exact) mass is 236 g/mol. The minimum absolute atomic E-state index is 0.274. The van der Waals surface area contributed by atoms with E-state index in [2.05, 4.69) is 4.90 Å². The van der Waals surface area contributed by atoms with E-state index in [1.54, 1.807) is 7.11 Å². The Hall–Kier alpha value is -1.42. The van der Waals surface area contributed by atoms with Crippen LogP contribution < -0.4 is 15.4 Å². The Morgan fingerprint density at radius 2 is 2.35 bits per heavy atom. The van der Waals surface area contributed by atoms with Crippen LogP contribution in [0.15, 0.2) is 18.2 Å². The molecule has 3 N–H and O–H groups in total. The summed E-state index contributed by atoms with van der Waals surface area (Å²) in [5, 5.41) is 8.95. The molecule has 1 heterocycles. The quantitative estimate of drug-likeness (QED) is 0.778. The van der Waals surface area contributed by atoms with Gasteiger partial charge in [0.1, 0.15) is 5.75 Å². The summed E-state index contributed by atoms with van der Waals surface area (Å²) in [6.07, 6.45) is 2.01. The van der Waals surface area contributed by atoms with Gasteiger partial charge < -0.3 is 20.5 Å². The predicted molar refractivity (Wildman–Crippen MR) is 69.4 cm³/mol. The zero-order chi connectivity index (χ0) is 12.3. The summed E-state index contributed by atoms with van der Waals surface area (Å²) >= 11 is 0. The van der Waals surface area contributed by atoms with E-state index in [9.17, 15) is 0 Å². The summed E-state index contributed by atoms with van der Waals surface area (Å²) in [6, 6.07) is 5.80. The van der Waals surface area contributed by atoms with Crippen LogP contribution in [0.25, 0.3) is 0 Å². The molecule has 0 radical (unpaired) electrons. The molecule has 0 aromatic heterocycles. The summed E-state index contributed by atoms with van der Waals surface area (Å²) in [6.45, 7) is 2.27. The van der Waals surface area contributed by atoms with E-state index in [0.717, 1.165) is 43.1 Å². The number of benzene rings is 1. The van der Waals surface area contributed by atoms with Crippen molar-refractivity contribution in [3.05, 3.63) is 18.2 Å². The lowest BCUT2D eigenvalue weighted by Crippen LogP contribution is -2.21. The van der Waals surface area contributed by atoms with Crippen molar-refractivity contribution < 1.29 is 9.84 Å². The second-order valence-corrected chi connectivity index (χ2v) is 4.54. The van der Waals surface area contributed by atoms with Crippen LogP contribution in [0.5, 0.6) is 5.75 Å². The van der Waals surface area contributed by atoms with E-state index in [-0.39, 0.29) is 6.61 Å². The topological polar surface area (TPSA) is 58.7 Å². The van der Waals surface area contributed by atoms with Crippen LogP contribution in [0, 0.1) is 5.92 Å². The Morgan fingerprint density at radius 1 is 1.53 bits per heavy atom. The Labute approximate surface area is 102 Å². The number of aliphatic hydroxyl groups excluding tert-OH is 1. The average molecular weight is 236 g/mol. The number of hydrogen-bond acceptors (Lipinski definition) is 4. The summed E-state index contributed by atoms with van der Waals surface area (Å²) in [4.78, 5) is 2.29. The van der Waals surface area contributed by atoms with E-state index in [1.165, 1.54) is 0 Å². The molecule has 2 rings (SSSR count). The maximum Gasteiger partial charge on any atom is 0.121 e. The molecule has 1 fully saturated rings. The maximum absolute atomic E-state index is 8.95. The van der Waals surface area contributed by atoms with Gasteiger partial charge in [-0.15, -0.1) is 0 Å². The first-order valence-corrected chi connectivity index (χ1v) is 6.04. The van der Waals surface area contributed by atoms with E-state index in [1.807, 2.05) is 18.2 Å². The molecule has 17 heavy (non-hydrogen) atoms. The number of aliphatic hydroxyl groups is 1. The van der Waals surface area contributed by atoms with Crippen LogP contribution in [-0.4, -0.2) is 31.9 Å². The summed E-state index contributed by atoms with van der Waals surface area (Å²) in [7, 11) is 1.64. The Morgan fingerprint density at radius 3 is 3.00 bits per heavy atom. The molecule has 1 saturated heterocycles. The SMILES string of the molecule is COc1ccc(N2CCC(CCO)C2)c(N)c1. The molecule has 1 aromatic carbocycles. The molecule has 4 heteroatoms. The number of ether oxygens (including phenoxy) is 1. The van der Waals surface area contributed by atoms with Gasteiger partial charge in [0.15, 0.2) is 0 Å². The Bertz CT molecular complexity index is 382. The maximum atomic E-state index is 8.95. The van der Waals surface area contributed by atoms with Crippen molar-refractivity contribution >= 4 is 11.4 Å². The highest BCUT2D eigenvalue weighted by molar-refractivity contribution is 5.69. The molecule has 0 saturated carbocycles. The number of nitrogens with two attached hydrogens (primary N) is 1. The first-order valence-electron chi connectivity index (χ1n) is 6.04. The number of anilines is 2. The smallest absolute Gasteiger partial charge is 0.121 e. The lowest BCUT2D eigenvalue weighted by molar-refractivity contribution is 0.263. The van der Waals surface area contributed by atoms with Gasteiger partial charge in [-0.25, -0.2) is 0 Å². The highest BCUT2D eigenvalue weighted by Crippen LogP contribution is 2.32. The van der Waals surface area contributed by atoms with E-state index >= 15 is 0 Å². The second-order valence-electron chi connectivity index (χ2n) is 4.54. The van der Waals surface area contributed by atoms with Crippen LogP contribution in [0.3, 0.4) is 0 Å². The van der Waals surface area contributed by atoms with Crippen LogP contribution in [0.2, 0.25) is 0 Å². The van der Waals surface area contributed by atoms with E-state index in [0.29, 0.717) is 5.92 Å². The molecule has 1 unspecified atom stereocenters. The van der Waals surface area contributed by atoms with E-state index < -0.39 is 0 Å². The van der Waals surface area contributed by atoms with Gasteiger partial charge in [-0.1, -0.05) is 0 Å². The van der Waals surface area contributed by atoms with Crippen LogP contribution >= 0.6 is 0 Å². The molecule has 0 bridgehead atoms. The molecular formula is C13H20N2O2. The molecule has 1 atom stereocenters. The molecule has 4 nitrogen and oxygen atoms in total. The number of methoxy groups -OCH3 is 1.